The smallest absolute Gasteiger partial charge is 0.243 e. The summed E-state index contributed by atoms with van der Waals surface area (Å²) in [5.41, 5.74) is 0.346. The molecule has 0 aromatic heterocycles. The van der Waals surface area contributed by atoms with Crippen molar-refractivity contribution in [2.75, 3.05) is 20.1 Å². The van der Waals surface area contributed by atoms with Gasteiger partial charge in [-0.1, -0.05) is 13.0 Å². The Labute approximate surface area is 124 Å². The Kier molecular flexibility index (Phi) is 4.98. The molecule has 0 aliphatic carbocycles. The van der Waals surface area contributed by atoms with Gasteiger partial charge in [0.25, 0.3) is 0 Å². The van der Waals surface area contributed by atoms with Gasteiger partial charge in [-0.3, -0.25) is 0 Å². The van der Waals surface area contributed by atoms with Crippen LogP contribution in [0.4, 0.5) is 4.39 Å². The van der Waals surface area contributed by atoms with Crippen LogP contribution in [0.25, 0.3) is 0 Å². The van der Waals surface area contributed by atoms with Crippen LogP contribution < -0.4 is 4.72 Å². The van der Waals surface area contributed by atoms with E-state index in [1.807, 2.05) is 14.0 Å². The Bertz CT molecular complexity index is 606. The van der Waals surface area contributed by atoms with Crippen molar-refractivity contribution >= 4 is 10.0 Å². The maximum absolute atomic E-state index is 13.9. The number of halogens is 1. The number of benzene rings is 1. The Balaban J connectivity index is 2.19. The van der Waals surface area contributed by atoms with E-state index >= 15 is 0 Å². The molecular formula is C14H21FN2O3S. The van der Waals surface area contributed by atoms with Gasteiger partial charge in [-0.25, -0.2) is 17.5 Å². The predicted molar refractivity (Wildman–Crippen MR) is 77.7 cm³/mol. The minimum Gasteiger partial charge on any atom is -0.392 e. The number of hydrogen-bond donors (Lipinski definition) is 2. The molecule has 0 amide bonds. The number of likely N-dealkylation sites (tertiary alicyclic amines) is 1. The summed E-state index contributed by atoms with van der Waals surface area (Å²) < 4.78 is 41.2. The van der Waals surface area contributed by atoms with Crippen LogP contribution in [0.5, 0.6) is 0 Å². The van der Waals surface area contributed by atoms with E-state index in [9.17, 15) is 12.8 Å². The molecule has 118 valence electrons. The number of nitrogens with one attached hydrogen (secondary N) is 1. The third kappa shape index (κ3) is 3.79. The fourth-order valence-electron chi connectivity index (χ4n) is 2.65. The second-order valence-electron chi connectivity index (χ2n) is 5.68. The Morgan fingerprint density at radius 2 is 2.19 bits per heavy atom. The standard InChI is InChI=1S/C14H21FN2O3S/c1-10-8-17(2)6-5-13(10)16-21(19,20)14-4-3-11(9-18)7-12(14)15/h3-4,7,10,13,16,18H,5-6,8-9H2,1-2H3. The summed E-state index contributed by atoms with van der Waals surface area (Å²) in [6.45, 7) is 3.27. The number of aliphatic hydroxyl groups excluding tert-OH is 1. The van der Waals surface area contributed by atoms with Crippen molar-refractivity contribution < 1.29 is 17.9 Å². The molecule has 2 N–H and O–H groups in total. The molecule has 0 bridgehead atoms. The maximum Gasteiger partial charge on any atom is 0.243 e. The summed E-state index contributed by atoms with van der Waals surface area (Å²) in [6, 6.07) is 3.47. The maximum atomic E-state index is 13.9. The van der Waals surface area contributed by atoms with Gasteiger partial charge in [0, 0.05) is 12.6 Å². The van der Waals surface area contributed by atoms with Crippen molar-refractivity contribution in [3.63, 3.8) is 0 Å². The largest absolute Gasteiger partial charge is 0.392 e. The molecule has 1 aliphatic rings. The van der Waals surface area contributed by atoms with Crippen LogP contribution in [-0.2, 0) is 16.6 Å². The summed E-state index contributed by atoms with van der Waals surface area (Å²) in [7, 11) is -1.90. The molecule has 1 heterocycles. The van der Waals surface area contributed by atoms with Crippen LogP contribution in [0.3, 0.4) is 0 Å². The zero-order valence-corrected chi connectivity index (χ0v) is 13.0. The minimum absolute atomic E-state index is 0.165. The van der Waals surface area contributed by atoms with Gasteiger partial charge in [0.1, 0.15) is 10.7 Å². The van der Waals surface area contributed by atoms with E-state index in [0.29, 0.717) is 12.0 Å². The lowest BCUT2D eigenvalue weighted by molar-refractivity contribution is 0.188. The fraction of sp³-hybridized carbons (Fsp3) is 0.571. The van der Waals surface area contributed by atoms with E-state index in [-0.39, 0.29) is 23.5 Å². The Morgan fingerprint density at radius 3 is 2.76 bits per heavy atom. The third-order valence-corrected chi connectivity index (χ3v) is 5.41. The molecule has 5 nitrogen and oxygen atoms in total. The average Bonchev–Trinajstić information content (AvgIpc) is 2.41. The average molecular weight is 316 g/mol. The zero-order chi connectivity index (χ0) is 15.6. The Hall–Kier alpha value is -1.02. The van der Waals surface area contributed by atoms with Crippen LogP contribution in [0.1, 0.15) is 18.9 Å². The molecule has 0 saturated carbocycles. The van der Waals surface area contributed by atoms with E-state index in [1.54, 1.807) is 0 Å². The topological polar surface area (TPSA) is 69.6 Å². The van der Waals surface area contributed by atoms with Gasteiger partial charge in [-0.15, -0.1) is 0 Å². The summed E-state index contributed by atoms with van der Waals surface area (Å²) in [5.74, 6) is -0.673. The van der Waals surface area contributed by atoms with Crippen molar-refractivity contribution in [3.8, 4) is 0 Å². The second-order valence-corrected chi connectivity index (χ2v) is 7.36. The van der Waals surface area contributed by atoms with Gasteiger partial charge >= 0.3 is 0 Å². The van der Waals surface area contributed by atoms with Crippen molar-refractivity contribution in [2.45, 2.75) is 30.9 Å². The number of nitrogens with zero attached hydrogens (tertiary/aromatic N) is 1. The van der Waals surface area contributed by atoms with E-state index in [2.05, 4.69) is 9.62 Å². The number of piperidine rings is 1. The van der Waals surface area contributed by atoms with Crippen LogP contribution >= 0.6 is 0 Å². The van der Waals surface area contributed by atoms with Crippen molar-refractivity contribution in [1.82, 2.24) is 9.62 Å². The molecule has 1 saturated heterocycles. The van der Waals surface area contributed by atoms with Crippen LogP contribution in [0.15, 0.2) is 23.1 Å². The summed E-state index contributed by atoms with van der Waals surface area (Å²) in [4.78, 5) is 1.78. The SMILES string of the molecule is CC1CN(C)CCC1NS(=O)(=O)c1ccc(CO)cc1F. The number of sulfonamides is 1. The first-order valence-electron chi connectivity index (χ1n) is 6.93. The molecule has 2 rings (SSSR count). The molecule has 0 spiro atoms. The van der Waals surface area contributed by atoms with Gasteiger partial charge in [0.05, 0.1) is 6.61 Å². The van der Waals surface area contributed by atoms with Crippen molar-refractivity contribution in [2.24, 2.45) is 5.92 Å². The first-order chi connectivity index (χ1) is 9.83. The van der Waals surface area contributed by atoms with E-state index in [0.717, 1.165) is 19.2 Å². The van der Waals surface area contributed by atoms with Crippen molar-refractivity contribution in [1.29, 1.82) is 0 Å². The lowest BCUT2D eigenvalue weighted by Crippen LogP contribution is -2.48. The van der Waals surface area contributed by atoms with Gasteiger partial charge < -0.3 is 10.0 Å². The monoisotopic (exact) mass is 316 g/mol. The number of rotatable bonds is 4. The van der Waals surface area contributed by atoms with Crippen LogP contribution in [-0.4, -0.2) is 44.6 Å². The molecular weight excluding hydrogens is 295 g/mol. The number of aliphatic hydroxyl groups is 1. The van der Waals surface area contributed by atoms with E-state index in [1.165, 1.54) is 12.1 Å². The first-order valence-corrected chi connectivity index (χ1v) is 8.42. The fourth-order valence-corrected chi connectivity index (χ4v) is 4.09. The Morgan fingerprint density at radius 1 is 1.48 bits per heavy atom. The highest BCUT2D eigenvalue weighted by molar-refractivity contribution is 7.89. The molecule has 7 heteroatoms. The first kappa shape index (κ1) is 16.4. The third-order valence-electron chi connectivity index (χ3n) is 3.88. The summed E-state index contributed by atoms with van der Waals surface area (Å²) in [5, 5.41) is 8.94. The molecule has 1 aromatic rings. The molecule has 1 fully saturated rings. The lowest BCUT2D eigenvalue weighted by Gasteiger charge is -2.34. The van der Waals surface area contributed by atoms with Gasteiger partial charge in [0.2, 0.25) is 10.0 Å². The van der Waals surface area contributed by atoms with E-state index < -0.39 is 15.8 Å². The molecule has 2 unspecified atom stereocenters. The van der Waals surface area contributed by atoms with E-state index in [4.69, 9.17) is 5.11 Å². The molecule has 1 aromatic carbocycles. The highest BCUT2D eigenvalue weighted by Crippen LogP contribution is 2.21. The van der Waals surface area contributed by atoms with Crippen LogP contribution in [0.2, 0.25) is 0 Å². The summed E-state index contributed by atoms with van der Waals surface area (Å²) in [6.07, 6.45) is 0.702. The van der Waals surface area contributed by atoms with Crippen LogP contribution in [0, 0.1) is 11.7 Å². The van der Waals surface area contributed by atoms with Crippen molar-refractivity contribution in [3.05, 3.63) is 29.6 Å². The zero-order valence-electron chi connectivity index (χ0n) is 12.2. The quantitative estimate of drug-likeness (QED) is 0.867. The van der Waals surface area contributed by atoms with Gasteiger partial charge in [0.15, 0.2) is 0 Å². The highest BCUT2D eigenvalue weighted by atomic mass is 32.2. The highest BCUT2D eigenvalue weighted by Gasteiger charge is 2.29. The normalized spacial score (nSPS) is 24.2. The molecule has 21 heavy (non-hydrogen) atoms. The van der Waals surface area contributed by atoms with Gasteiger partial charge in [-0.2, -0.15) is 0 Å². The number of hydrogen-bond acceptors (Lipinski definition) is 4. The summed E-state index contributed by atoms with van der Waals surface area (Å²) >= 11 is 0. The second kappa shape index (κ2) is 6.39. The molecule has 1 aliphatic heterocycles. The molecule has 0 radical (unpaired) electrons. The molecule has 2 atom stereocenters. The predicted octanol–water partition coefficient (Wildman–Crippen LogP) is 0.936. The lowest BCUT2D eigenvalue weighted by atomic mass is 9.95. The van der Waals surface area contributed by atoms with Gasteiger partial charge in [-0.05, 0) is 43.6 Å². The minimum atomic E-state index is -3.89.